The second-order valence-corrected chi connectivity index (χ2v) is 8.26. The highest BCUT2D eigenvalue weighted by molar-refractivity contribution is 7.17. The minimum absolute atomic E-state index is 0.424. The molecule has 0 aliphatic heterocycles. The molecule has 0 atom stereocenters. The molecule has 32 heavy (non-hydrogen) atoms. The molecular formula is C22H18ClN7OS. The Bertz CT molecular complexity index is 1400. The van der Waals surface area contributed by atoms with Crippen molar-refractivity contribution in [1.82, 2.24) is 24.5 Å². The molecule has 0 amide bonds. The molecule has 0 saturated carbocycles. The van der Waals surface area contributed by atoms with Crippen molar-refractivity contribution in [2.45, 2.75) is 6.92 Å². The van der Waals surface area contributed by atoms with E-state index in [0.29, 0.717) is 28.2 Å². The fourth-order valence-electron chi connectivity index (χ4n) is 3.22. The molecule has 0 aliphatic rings. The summed E-state index contributed by atoms with van der Waals surface area (Å²) in [6, 6.07) is 13.2. The van der Waals surface area contributed by atoms with E-state index in [9.17, 15) is 0 Å². The number of halogens is 1. The molecule has 0 aliphatic carbocycles. The third-order valence-electron chi connectivity index (χ3n) is 4.73. The van der Waals surface area contributed by atoms with Crippen LogP contribution < -0.4 is 15.4 Å². The highest BCUT2D eigenvalue weighted by Gasteiger charge is 2.13. The lowest BCUT2D eigenvalue weighted by Gasteiger charge is -2.13. The van der Waals surface area contributed by atoms with Crippen molar-refractivity contribution >= 4 is 56.4 Å². The minimum Gasteiger partial charge on any atom is -0.494 e. The van der Waals surface area contributed by atoms with Gasteiger partial charge < -0.3 is 19.9 Å². The first-order chi connectivity index (χ1) is 15.6. The first-order valence-electron chi connectivity index (χ1n) is 9.69. The van der Waals surface area contributed by atoms with Crippen molar-refractivity contribution in [3.05, 3.63) is 71.2 Å². The molecule has 5 rings (SSSR count). The van der Waals surface area contributed by atoms with Gasteiger partial charge in [-0.1, -0.05) is 11.6 Å². The maximum Gasteiger partial charge on any atom is 0.231 e. The molecule has 0 saturated heterocycles. The van der Waals surface area contributed by atoms with Crippen LogP contribution in [0.25, 0.3) is 16.0 Å². The van der Waals surface area contributed by atoms with E-state index < -0.39 is 0 Å². The van der Waals surface area contributed by atoms with E-state index in [4.69, 9.17) is 16.3 Å². The quantitative estimate of drug-likeness (QED) is 0.332. The molecule has 160 valence electrons. The molecule has 5 aromatic rings. The third-order valence-corrected chi connectivity index (χ3v) is 5.80. The van der Waals surface area contributed by atoms with E-state index in [1.54, 1.807) is 18.9 Å². The zero-order chi connectivity index (χ0) is 22.1. The van der Waals surface area contributed by atoms with Crippen LogP contribution >= 0.6 is 22.9 Å². The van der Waals surface area contributed by atoms with Crippen LogP contribution in [0, 0.1) is 6.92 Å². The summed E-state index contributed by atoms with van der Waals surface area (Å²) in [7, 11) is 1.64. The normalized spacial score (nSPS) is 11.0. The molecule has 0 unspecified atom stereocenters. The van der Waals surface area contributed by atoms with E-state index in [1.807, 2.05) is 60.2 Å². The number of anilines is 4. The number of hydrogen-bond donors (Lipinski definition) is 2. The Balaban J connectivity index is 1.47. The van der Waals surface area contributed by atoms with Crippen molar-refractivity contribution in [2.75, 3.05) is 17.7 Å². The van der Waals surface area contributed by atoms with Gasteiger partial charge in [0.1, 0.15) is 10.4 Å². The number of imidazole rings is 1. The van der Waals surface area contributed by atoms with Crippen molar-refractivity contribution in [3.8, 4) is 11.4 Å². The summed E-state index contributed by atoms with van der Waals surface area (Å²) in [5.74, 6) is 1.79. The standard InChI is InChI=1S/C22H18ClN7OS/c1-13-10-30(11-24-13)17-8-7-16(9-18(17)31-2)27-22-28-20-19(32-12-25-20)21(29-22)26-15-5-3-14(23)4-6-15/h3-12H,1-2H3,(H2,26,27,28,29). The van der Waals surface area contributed by atoms with Crippen LogP contribution in [-0.4, -0.2) is 31.6 Å². The number of aryl methyl sites for hydroxylation is 1. The van der Waals surface area contributed by atoms with Crippen LogP contribution in [0.2, 0.25) is 5.02 Å². The first-order valence-corrected chi connectivity index (χ1v) is 10.9. The predicted octanol–water partition coefficient (Wildman–Crippen LogP) is 5.73. The van der Waals surface area contributed by atoms with Crippen LogP contribution in [-0.2, 0) is 0 Å². The van der Waals surface area contributed by atoms with Crippen molar-refractivity contribution < 1.29 is 4.74 Å². The lowest BCUT2D eigenvalue weighted by atomic mass is 10.2. The second kappa shape index (κ2) is 8.45. The summed E-state index contributed by atoms with van der Waals surface area (Å²) >= 11 is 7.48. The van der Waals surface area contributed by atoms with E-state index in [-0.39, 0.29) is 0 Å². The van der Waals surface area contributed by atoms with Crippen LogP contribution in [0.4, 0.5) is 23.1 Å². The zero-order valence-corrected chi connectivity index (χ0v) is 18.8. The Labute approximate surface area is 192 Å². The van der Waals surface area contributed by atoms with Crippen LogP contribution in [0.1, 0.15) is 5.69 Å². The third kappa shape index (κ3) is 4.08. The van der Waals surface area contributed by atoms with Gasteiger partial charge in [0.2, 0.25) is 5.95 Å². The van der Waals surface area contributed by atoms with Crippen LogP contribution in [0.5, 0.6) is 5.75 Å². The van der Waals surface area contributed by atoms with Gasteiger partial charge in [-0.2, -0.15) is 9.97 Å². The number of aromatic nitrogens is 5. The smallest absolute Gasteiger partial charge is 0.231 e. The van der Waals surface area contributed by atoms with Gasteiger partial charge in [0.15, 0.2) is 11.5 Å². The molecule has 0 fully saturated rings. The highest BCUT2D eigenvalue weighted by Crippen LogP contribution is 2.31. The average molecular weight is 464 g/mol. The molecule has 0 spiro atoms. The van der Waals surface area contributed by atoms with Gasteiger partial charge in [0.05, 0.1) is 30.3 Å². The second-order valence-electron chi connectivity index (χ2n) is 6.97. The zero-order valence-electron chi connectivity index (χ0n) is 17.2. The fourth-order valence-corrected chi connectivity index (χ4v) is 4.02. The van der Waals surface area contributed by atoms with Gasteiger partial charge >= 0.3 is 0 Å². The molecule has 10 heteroatoms. The molecule has 3 heterocycles. The summed E-state index contributed by atoms with van der Waals surface area (Å²) in [6.45, 7) is 1.94. The summed E-state index contributed by atoms with van der Waals surface area (Å²) in [4.78, 5) is 17.9. The lowest BCUT2D eigenvalue weighted by molar-refractivity contribution is 0.413. The van der Waals surface area contributed by atoms with Crippen LogP contribution in [0.15, 0.2) is 60.5 Å². The van der Waals surface area contributed by atoms with Gasteiger partial charge in [-0.05, 0) is 43.3 Å². The maximum atomic E-state index is 6.00. The summed E-state index contributed by atoms with van der Waals surface area (Å²) in [5, 5.41) is 7.26. The monoisotopic (exact) mass is 463 g/mol. The van der Waals surface area contributed by atoms with Gasteiger partial charge in [0.25, 0.3) is 0 Å². The van der Waals surface area contributed by atoms with Gasteiger partial charge in [-0.15, -0.1) is 11.3 Å². The number of hydrogen-bond acceptors (Lipinski definition) is 8. The molecule has 2 aromatic carbocycles. The lowest BCUT2D eigenvalue weighted by Crippen LogP contribution is -2.02. The van der Waals surface area contributed by atoms with Gasteiger partial charge in [-0.3, -0.25) is 0 Å². The molecule has 3 aromatic heterocycles. The van der Waals surface area contributed by atoms with E-state index >= 15 is 0 Å². The maximum absolute atomic E-state index is 6.00. The molecule has 8 nitrogen and oxygen atoms in total. The molecule has 2 N–H and O–H groups in total. The highest BCUT2D eigenvalue weighted by atomic mass is 35.5. The van der Waals surface area contributed by atoms with Crippen molar-refractivity contribution in [1.29, 1.82) is 0 Å². The summed E-state index contributed by atoms with van der Waals surface area (Å²) in [6.07, 6.45) is 3.70. The summed E-state index contributed by atoms with van der Waals surface area (Å²) < 4.78 is 8.38. The summed E-state index contributed by atoms with van der Waals surface area (Å²) in [5.41, 5.74) is 5.84. The number of methoxy groups -OCH3 is 1. The Kier molecular flexibility index (Phi) is 5.34. The Morgan fingerprint density at radius 2 is 1.81 bits per heavy atom. The number of nitrogens with one attached hydrogen (secondary N) is 2. The topological polar surface area (TPSA) is 89.8 Å². The van der Waals surface area contributed by atoms with Crippen LogP contribution in [0.3, 0.4) is 0 Å². The number of benzene rings is 2. The SMILES string of the molecule is COc1cc(Nc2nc(Nc3ccc(Cl)cc3)c3scnc3n2)ccc1-n1cnc(C)c1. The number of fused-ring (bicyclic) bond motifs is 1. The van der Waals surface area contributed by atoms with Crippen molar-refractivity contribution in [2.24, 2.45) is 0 Å². The fraction of sp³-hybridized carbons (Fsp3) is 0.0909. The largest absolute Gasteiger partial charge is 0.494 e. The Morgan fingerprint density at radius 1 is 1.00 bits per heavy atom. The van der Waals surface area contributed by atoms with Gasteiger partial charge in [0, 0.05) is 28.7 Å². The van der Waals surface area contributed by atoms with Gasteiger partial charge in [-0.25, -0.2) is 9.97 Å². The van der Waals surface area contributed by atoms with Crippen molar-refractivity contribution in [3.63, 3.8) is 0 Å². The number of ether oxygens (including phenoxy) is 1. The van der Waals surface area contributed by atoms with E-state index in [2.05, 4.69) is 30.6 Å². The number of nitrogens with zero attached hydrogens (tertiary/aromatic N) is 5. The predicted molar refractivity (Wildman–Crippen MR) is 128 cm³/mol. The molecular weight excluding hydrogens is 446 g/mol. The Morgan fingerprint density at radius 3 is 2.56 bits per heavy atom. The molecule has 0 radical (unpaired) electrons. The number of rotatable bonds is 6. The minimum atomic E-state index is 0.424. The molecule has 0 bridgehead atoms. The average Bonchev–Trinajstić information content (AvgIpc) is 3.44. The van der Waals surface area contributed by atoms with E-state index in [1.165, 1.54) is 11.3 Å². The Hall–Kier alpha value is -3.69. The van der Waals surface area contributed by atoms with E-state index in [0.717, 1.165) is 27.5 Å². The first kappa shape index (κ1) is 20.2. The number of thiazole rings is 1.